The van der Waals surface area contributed by atoms with Gasteiger partial charge in [-0.25, -0.2) is 4.98 Å². The maximum Gasteiger partial charge on any atom is 0.131 e. The molecule has 2 nitrogen and oxygen atoms in total. The van der Waals surface area contributed by atoms with Gasteiger partial charge in [0.15, 0.2) is 0 Å². The van der Waals surface area contributed by atoms with Crippen molar-refractivity contribution in [2.75, 3.05) is 0 Å². The molecular weight excluding hydrogens is 243 g/mol. The highest BCUT2D eigenvalue weighted by Gasteiger charge is 2.27. The molecular formula is C12H16Cl2N2. The van der Waals surface area contributed by atoms with E-state index in [1.165, 1.54) is 19.3 Å². The number of nitrogens with zero attached hydrogens (tertiary/aromatic N) is 1. The van der Waals surface area contributed by atoms with E-state index in [4.69, 9.17) is 28.9 Å². The van der Waals surface area contributed by atoms with Crippen molar-refractivity contribution in [1.82, 2.24) is 4.98 Å². The molecule has 0 saturated heterocycles. The van der Waals surface area contributed by atoms with E-state index >= 15 is 0 Å². The summed E-state index contributed by atoms with van der Waals surface area (Å²) in [6.45, 7) is 0. The Morgan fingerprint density at radius 3 is 2.25 bits per heavy atom. The van der Waals surface area contributed by atoms with Gasteiger partial charge >= 0.3 is 0 Å². The van der Waals surface area contributed by atoms with Crippen molar-refractivity contribution in [2.24, 2.45) is 5.73 Å². The number of pyridine rings is 1. The standard InChI is InChI=1S/C12H16Cl2N2/c13-10-6-9(7-11(14)16-10)8-12(15)4-2-1-3-5-12/h6-7H,1-5,8,15H2. The highest BCUT2D eigenvalue weighted by molar-refractivity contribution is 6.32. The highest BCUT2D eigenvalue weighted by atomic mass is 35.5. The molecule has 1 heterocycles. The molecule has 2 N–H and O–H groups in total. The van der Waals surface area contributed by atoms with Crippen LogP contribution in [0.2, 0.25) is 10.3 Å². The molecule has 2 rings (SSSR count). The van der Waals surface area contributed by atoms with Gasteiger partial charge in [0.05, 0.1) is 0 Å². The van der Waals surface area contributed by atoms with Crippen LogP contribution in [0, 0.1) is 0 Å². The molecule has 0 aliphatic heterocycles. The molecule has 0 radical (unpaired) electrons. The molecule has 1 aromatic heterocycles. The number of hydrogen-bond donors (Lipinski definition) is 1. The summed E-state index contributed by atoms with van der Waals surface area (Å²) in [5.74, 6) is 0. The van der Waals surface area contributed by atoms with Crippen molar-refractivity contribution in [3.8, 4) is 0 Å². The maximum atomic E-state index is 6.38. The molecule has 0 bridgehead atoms. The van der Waals surface area contributed by atoms with E-state index in [1.54, 1.807) is 0 Å². The summed E-state index contributed by atoms with van der Waals surface area (Å²) in [4.78, 5) is 3.94. The molecule has 4 heteroatoms. The number of halogens is 2. The van der Waals surface area contributed by atoms with Crippen LogP contribution in [0.1, 0.15) is 37.7 Å². The largest absolute Gasteiger partial charge is 0.325 e. The lowest BCUT2D eigenvalue weighted by Gasteiger charge is -2.33. The average molecular weight is 259 g/mol. The highest BCUT2D eigenvalue weighted by Crippen LogP contribution is 2.30. The minimum atomic E-state index is -0.0771. The number of aromatic nitrogens is 1. The van der Waals surface area contributed by atoms with Crippen LogP contribution in [0.25, 0.3) is 0 Å². The summed E-state index contributed by atoms with van der Waals surface area (Å²) in [5, 5.41) is 0.892. The quantitative estimate of drug-likeness (QED) is 0.824. The third-order valence-corrected chi connectivity index (χ3v) is 3.62. The minimum absolute atomic E-state index is 0.0771. The average Bonchev–Trinajstić information content (AvgIpc) is 2.15. The Balaban J connectivity index is 2.13. The summed E-state index contributed by atoms with van der Waals surface area (Å²) in [6, 6.07) is 3.72. The van der Waals surface area contributed by atoms with Gasteiger partial charge < -0.3 is 5.73 Å². The Morgan fingerprint density at radius 1 is 1.12 bits per heavy atom. The van der Waals surface area contributed by atoms with Crippen molar-refractivity contribution in [3.63, 3.8) is 0 Å². The summed E-state index contributed by atoms with van der Waals surface area (Å²) in [5.41, 5.74) is 7.40. The first-order valence-electron chi connectivity index (χ1n) is 5.68. The van der Waals surface area contributed by atoms with Gasteiger partial charge in [-0.1, -0.05) is 42.5 Å². The zero-order valence-electron chi connectivity index (χ0n) is 9.18. The van der Waals surface area contributed by atoms with Crippen molar-refractivity contribution >= 4 is 23.2 Å². The lowest BCUT2D eigenvalue weighted by Crippen LogP contribution is -2.43. The molecule has 0 amide bonds. The van der Waals surface area contributed by atoms with Crippen LogP contribution in [-0.4, -0.2) is 10.5 Å². The summed E-state index contributed by atoms with van der Waals surface area (Å²) in [6.07, 6.45) is 6.77. The van der Waals surface area contributed by atoms with Crippen LogP contribution >= 0.6 is 23.2 Å². The monoisotopic (exact) mass is 258 g/mol. The Bertz CT molecular complexity index is 353. The van der Waals surface area contributed by atoms with Crippen molar-refractivity contribution < 1.29 is 0 Å². The van der Waals surface area contributed by atoms with E-state index in [9.17, 15) is 0 Å². The maximum absolute atomic E-state index is 6.38. The van der Waals surface area contributed by atoms with Gasteiger partial charge in [0.1, 0.15) is 10.3 Å². The molecule has 16 heavy (non-hydrogen) atoms. The fourth-order valence-electron chi connectivity index (χ4n) is 2.46. The summed E-state index contributed by atoms with van der Waals surface area (Å²) >= 11 is 11.8. The molecule has 88 valence electrons. The van der Waals surface area contributed by atoms with Gasteiger partial charge in [0.2, 0.25) is 0 Å². The molecule has 0 atom stereocenters. The topological polar surface area (TPSA) is 38.9 Å². The van der Waals surface area contributed by atoms with Crippen LogP contribution < -0.4 is 5.73 Å². The van der Waals surface area contributed by atoms with E-state index in [1.807, 2.05) is 12.1 Å². The Labute approximate surface area is 106 Å². The second kappa shape index (κ2) is 4.91. The predicted octanol–water partition coefficient (Wildman–Crippen LogP) is 3.59. The van der Waals surface area contributed by atoms with Crippen molar-refractivity contribution in [2.45, 2.75) is 44.1 Å². The van der Waals surface area contributed by atoms with Crippen LogP contribution in [0.3, 0.4) is 0 Å². The summed E-state index contributed by atoms with van der Waals surface area (Å²) < 4.78 is 0. The molecule has 1 saturated carbocycles. The lowest BCUT2D eigenvalue weighted by atomic mass is 9.78. The van der Waals surface area contributed by atoms with Gasteiger partial charge in [0, 0.05) is 5.54 Å². The van der Waals surface area contributed by atoms with E-state index in [0.29, 0.717) is 10.3 Å². The Hall–Kier alpha value is -0.310. The SMILES string of the molecule is NC1(Cc2cc(Cl)nc(Cl)c2)CCCCC1. The smallest absolute Gasteiger partial charge is 0.131 e. The second-order valence-electron chi connectivity index (χ2n) is 4.72. The van der Waals surface area contributed by atoms with E-state index in [0.717, 1.165) is 24.8 Å². The summed E-state index contributed by atoms with van der Waals surface area (Å²) in [7, 11) is 0. The van der Waals surface area contributed by atoms with Gasteiger partial charge in [-0.2, -0.15) is 0 Å². The van der Waals surface area contributed by atoms with Crippen molar-refractivity contribution in [3.05, 3.63) is 28.0 Å². The number of rotatable bonds is 2. The number of hydrogen-bond acceptors (Lipinski definition) is 2. The van der Waals surface area contributed by atoms with Crippen molar-refractivity contribution in [1.29, 1.82) is 0 Å². The molecule has 1 aliphatic carbocycles. The fraction of sp³-hybridized carbons (Fsp3) is 0.583. The molecule has 0 spiro atoms. The molecule has 0 aromatic carbocycles. The van der Waals surface area contributed by atoms with Crippen LogP contribution in [0.15, 0.2) is 12.1 Å². The first-order valence-corrected chi connectivity index (χ1v) is 6.44. The number of nitrogens with two attached hydrogens (primary N) is 1. The first-order chi connectivity index (χ1) is 7.57. The van der Waals surface area contributed by atoms with Crippen LogP contribution in [0.5, 0.6) is 0 Å². The van der Waals surface area contributed by atoms with E-state index in [2.05, 4.69) is 4.98 Å². The van der Waals surface area contributed by atoms with Gasteiger partial charge in [0.25, 0.3) is 0 Å². The molecule has 1 aromatic rings. The van der Waals surface area contributed by atoms with Crippen LogP contribution in [0.4, 0.5) is 0 Å². The molecule has 0 unspecified atom stereocenters. The predicted molar refractivity (Wildman–Crippen MR) is 68.0 cm³/mol. The van der Waals surface area contributed by atoms with Gasteiger partial charge in [-0.15, -0.1) is 0 Å². The molecule has 1 aliphatic rings. The third-order valence-electron chi connectivity index (χ3n) is 3.23. The second-order valence-corrected chi connectivity index (χ2v) is 5.50. The molecule has 1 fully saturated rings. The Morgan fingerprint density at radius 2 is 1.69 bits per heavy atom. The minimum Gasteiger partial charge on any atom is -0.325 e. The zero-order chi connectivity index (χ0) is 11.6. The van der Waals surface area contributed by atoms with Gasteiger partial charge in [-0.3, -0.25) is 0 Å². The van der Waals surface area contributed by atoms with E-state index in [-0.39, 0.29) is 5.54 Å². The third kappa shape index (κ3) is 3.09. The first kappa shape index (κ1) is 12.2. The van der Waals surface area contributed by atoms with E-state index < -0.39 is 0 Å². The zero-order valence-corrected chi connectivity index (χ0v) is 10.7. The Kier molecular flexibility index (Phi) is 3.73. The van der Waals surface area contributed by atoms with Crippen LogP contribution in [-0.2, 0) is 6.42 Å². The van der Waals surface area contributed by atoms with Gasteiger partial charge in [-0.05, 0) is 37.0 Å². The normalized spacial score (nSPS) is 19.7. The lowest BCUT2D eigenvalue weighted by molar-refractivity contribution is 0.294. The fourth-order valence-corrected chi connectivity index (χ4v) is 2.96.